The van der Waals surface area contributed by atoms with Crippen molar-refractivity contribution in [1.29, 1.82) is 0 Å². The van der Waals surface area contributed by atoms with E-state index < -0.39 is 0 Å². The number of hydrogen-bond donors (Lipinski definition) is 0. The SMILES string of the molecule is C=C(N=C(C)/C(=C\C)Cn1cc(C(=O)OC)c(C)n1)N1CC2(CC2)C1. The highest BCUT2D eigenvalue weighted by molar-refractivity contribution is 5.98. The van der Waals surface area contributed by atoms with Crippen LogP contribution in [0.3, 0.4) is 0 Å². The monoisotopic (exact) mass is 342 g/mol. The number of carbonyl (C=O) groups excluding carboxylic acids is 1. The molecule has 1 aromatic heterocycles. The number of aryl methyl sites for hydroxylation is 1. The van der Waals surface area contributed by atoms with E-state index in [0.29, 0.717) is 23.2 Å². The molecular weight excluding hydrogens is 316 g/mol. The Hall–Kier alpha value is -2.37. The zero-order valence-electron chi connectivity index (χ0n) is 15.5. The molecule has 6 heteroatoms. The lowest BCUT2D eigenvalue weighted by Gasteiger charge is -2.41. The van der Waals surface area contributed by atoms with Gasteiger partial charge < -0.3 is 9.64 Å². The third-order valence-corrected chi connectivity index (χ3v) is 5.17. The number of likely N-dealkylation sites (tertiary alicyclic amines) is 1. The smallest absolute Gasteiger partial charge is 0.341 e. The summed E-state index contributed by atoms with van der Waals surface area (Å²) in [6, 6.07) is 0. The van der Waals surface area contributed by atoms with Crippen LogP contribution in [0, 0.1) is 12.3 Å². The topological polar surface area (TPSA) is 59.7 Å². The van der Waals surface area contributed by atoms with Crippen molar-refractivity contribution >= 4 is 11.7 Å². The molecule has 1 aliphatic carbocycles. The molecule has 0 atom stereocenters. The largest absolute Gasteiger partial charge is 0.465 e. The van der Waals surface area contributed by atoms with Crippen LogP contribution >= 0.6 is 0 Å². The molecule has 6 nitrogen and oxygen atoms in total. The fourth-order valence-corrected chi connectivity index (χ4v) is 3.27. The molecule has 134 valence electrons. The van der Waals surface area contributed by atoms with E-state index in [4.69, 9.17) is 4.74 Å². The number of rotatable bonds is 6. The van der Waals surface area contributed by atoms with Crippen molar-refractivity contribution in [3.05, 3.63) is 41.5 Å². The van der Waals surface area contributed by atoms with Gasteiger partial charge in [0.1, 0.15) is 11.4 Å². The molecule has 2 aliphatic rings. The summed E-state index contributed by atoms with van der Waals surface area (Å²) in [5.74, 6) is 0.470. The summed E-state index contributed by atoms with van der Waals surface area (Å²) in [6.07, 6.45) is 6.44. The van der Waals surface area contributed by atoms with Gasteiger partial charge in [0.15, 0.2) is 0 Å². The van der Waals surface area contributed by atoms with E-state index in [0.717, 1.165) is 30.2 Å². The number of hydrogen-bond acceptors (Lipinski definition) is 5. The van der Waals surface area contributed by atoms with Gasteiger partial charge in [-0.2, -0.15) is 5.10 Å². The maximum atomic E-state index is 11.7. The van der Waals surface area contributed by atoms with Crippen molar-refractivity contribution in [1.82, 2.24) is 14.7 Å². The highest BCUT2D eigenvalue weighted by atomic mass is 16.5. The molecule has 1 saturated carbocycles. The molecule has 0 unspecified atom stereocenters. The summed E-state index contributed by atoms with van der Waals surface area (Å²) in [4.78, 5) is 18.7. The van der Waals surface area contributed by atoms with Crippen molar-refractivity contribution in [3.8, 4) is 0 Å². The Balaban J connectivity index is 1.66. The van der Waals surface area contributed by atoms with Crippen LogP contribution < -0.4 is 0 Å². The van der Waals surface area contributed by atoms with Crippen LogP contribution in [0.25, 0.3) is 0 Å². The highest BCUT2D eigenvalue weighted by Gasteiger charge is 2.52. The minimum Gasteiger partial charge on any atom is -0.465 e. The van der Waals surface area contributed by atoms with Gasteiger partial charge in [-0.25, -0.2) is 9.79 Å². The van der Waals surface area contributed by atoms with E-state index in [9.17, 15) is 4.79 Å². The van der Waals surface area contributed by atoms with Gasteiger partial charge in [-0.1, -0.05) is 12.7 Å². The van der Waals surface area contributed by atoms with Gasteiger partial charge >= 0.3 is 5.97 Å². The first-order chi connectivity index (χ1) is 11.9. The average molecular weight is 342 g/mol. The number of methoxy groups -OCH3 is 1. The molecule has 0 N–H and O–H groups in total. The van der Waals surface area contributed by atoms with E-state index in [1.54, 1.807) is 17.8 Å². The minimum atomic E-state index is -0.365. The Morgan fingerprint density at radius 3 is 2.72 bits per heavy atom. The standard InChI is InChI=1S/C19H26N4O2/c1-6-16(9-23-10-17(14(3)21-23)18(24)25-5)13(2)20-15(4)22-11-19(12-22)7-8-19/h6,10H,4,7-9,11-12H2,1-3,5H3/b16-6-,20-13?. The number of allylic oxidation sites excluding steroid dienone is 2. The Bertz CT molecular complexity index is 760. The van der Waals surface area contributed by atoms with Crippen LogP contribution in [0.2, 0.25) is 0 Å². The van der Waals surface area contributed by atoms with Crippen LogP contribution in [-0.2, 0) is 11.3 Å². The van der Waals surface area contributed by atoms with E-state index in [1.165, 1.54) is 20.0 Å². The lowest BCUT2D eigenvalue weighted by Crippen LogP contribution is -2.46. The molecule has 1 aromatic rings. The Labute approximate surface area is 148 Å². The Morgan fingerprint density at radius 1 is 1.48 bits per heavy atom. The van der Waals surface area contributed by atoms with Gasteiger partial charge in [-0.15, -0.1) is 0 Å². The van der Waals surface area contributed by atoms with E-state index in [1.807, 2.05) is 19.9 Å². The second kappa shape index (κ2) is 6.50. The van der Waals surface area contributed by atoms with Crippen molar-refractivity contribution in [2.75, 3.05) is 20.2 Å². The fourth-order valence-electron chi connectivity index (χ4n) is 3.27. The average Bonchev–Trinajstić information content (AvgIpc) is 3.28. The van der Waals surface area contributed by atoms with Gasteiger partial charge in [0.2, 0.25) is 0 Å². The molecule has 3 rings (SSSR count). The summed E-state index contributed by atoms with van der Waals surface area (Å²) in [6.45, 7) is 12.6. The molecule has 1 aliphatic heterocycles. The van der Waals surface area contributed by atoms with Crippen LogP contribution in [0.4, 0.5) is 0 Å². The number of carbonyl (C=O) groups is 1. The maximum absolute atomic E-state index is 11.7. The molecule has 25 heavy (non-hydrogen) atoms. The van der Waals surface area contributed by atoms with E-state index >= 15 is 0 Å². The van der Waals surface area contributed by atoms with Crippen LogP contribution in [0.5, 0.6) is 0 Å². The number of ether oxygens (including phenoxy) is 1. The van der Waals surface area contributed by atoms with Crippen LogP contribution in [0.1, 0.15) is 42.7 Å². The summed E-state index contributed by atoms with van der Waals surface area (Å²) in [5, 5.41) is 4.41. The van der Waals surface area contributed by atoms with Crippen LogP contribution in [0.15, 0.2) is 35.2 Å². The highest BCUT2D eigenvalue weighted by Crippen LogP contribution is 2.53. The second-order valence-corrected chi connectivity index (χ2v) is 7.10. The van der Waals surface area contributed by atoms with Crippen molar-refractivity contribution in [2.24, 2.45) is 10.4 Å². The van der Waals surface area contributed by atoms with Crippen molar-refractivity contribution in [2.45, 2.75) is 40.2 Å². The predicted octanol–water partition coefficient (Wildman–Crippen LogP) is 2.95. The number of nitrogens with zero attached hydrogens (tertiary/aromatic N) is 4. The molecule has 2 fully saturated rings. The number of esters is 1. The molecule has 2 heterocycles. The zero-order chi connectivity index (χ0) is 18.2. The second-order valence-electron chi connectivity index (χ2n) is 7.10. The zero-order valence-corrected chi connectivity index (χ0v) is 15.5. The first-order valence-electron chi connectivity index (χ1n) is 8.64. The van der Waals surface area contributed by atoms with Gasteiger partial charge in [0.05, 0.1) is 19.3 Å². The van der Waals surface area contributed by atoms with Gasteiger partial charge in [0.25, 0.3) is 0 Å². The molecule has 1 saturated heterocycles. The summed E-state index contributed by atoms with van der Waals surface area (Å²) in [7, 11) is 1.38. The molecule has 0 radical (unpaired) electrons. The van der Waals surface area contributed by atoms with Crippen molar-refractivity contribution < 1.29 is 9.53 Å². The van der Waals surface area contributed by atoms with E-state index in [-0.39, 0.29) is 5.97 Å². The molecule has 0 bridgehead atoms. The van der Waals surface area contributed by atoms with Crippen LogP contribution in [-0.4, -0.2) is 46.6 Å². The van der Waals surface area contributed by atoms with Gasteiger partial charge in [-0.3, -0.25) is 4.68 Å². The summed E-state index contributed by atoms with van der Waals surface area (Å²) in [5.41, 5.74) is 3.73. The molecule has 1 spiro atoms. The molecule has 0 aromatic carbocycles. The maximum Gasteiger partial charge on any atom is 0.341 e. The third-order valence-electron chi connectivity index (χ3n) is 5.17. The number of aliphatic imine (C=N–C) groups is 1. The Kier molecular flexibility index (Phi) is 4.54. The predicted molar refractivity (Wildman–Crippen MR) is 97.5 cm³/mol. The third kappa shape index (κ3) is 3.52. The minimum absolute atomic E-state index is 0.365. The van der Waals surface area contributed by atoms with Gasteiger partial charge in [-0.05, 0) is 39.2 Å². The Morgan fingerprint density at radius 2 is 2.16 bits per heavy atom. The lowest BCUT2D eigenvalue weighted by atomic mass is 9.97. The summed E-state index contributed by atoms with van der Waals surface area (Å²) >= 11 is 0. The van der Waals surface area contributed by atoms with E-state index in [2.05, 4.69) is 21.6 Å². The molecular formula is C19H26N4O2. The van der Waals surface area contributed by atoms with Gasteiger partial charge in [0, 0.05) is 30.4 Å². The summed E-state index contributed by atoms with van der Waals surface area (Å²) < 4.78 is 6.53. The lowest BCUT2D eigenvalue weighted by molar-refractivity contribution is 0.0600. The normalized spacial score (nSPS) is 19.0. The number of aromatic nitrogens is 2. The molecule has 0 amide bonds. The van der Waals surface area contributed by atoms with Crippen molar-refractivity contribution in [3.63, 3.8) is 0 Å². The fraction of sp³-hybridized carbons (Fsp3) is 0.526. The first kappa shape index (κ1) is 17.5. The first-order valence-corrected chi connectivity index (χ1v) is 8.64. The quantitative estimate of drug-likeness (QED) is 0.589.